The smallest absolute Gasteiger partial charge is 0.269 e. The molecule has 0 fully saturated rings. The summed E-state index contributed by atoms with van der Waals surface area (Å²) in [7, 11) is -1.03. The summed E-state index contributed by atoms with van der Waals surface area (Å²) in [5.74, 6) is 1.57. The summed E-state index contributed by atoms with van der Waals surface area (Å²) in [4.78, 5) is 0.820. The molecule has 0 aliphatic rings. The monoisotopic (exact) mass is 186 g/mol. The van der Waals surface area contributed by atoms with Gasteiger partial charge >= 0.3 is 18.9 Å². The second-order valence-corrected chi connectivity index (χ2v) is 3.82. The average Bonchev–Trinajstić information content (AvgIpc) is 2.06. The van der Waals surface area contributed by atoms with Gasteiger partial charge in [-0.2, -0.15) is 0 Å². The van der Waals surface area contributed by atoms with Crippen LogP contribution in [0.4, 0.5) is 0 Å². The van der Waals surface area contributed by atoms with Crippen molar-refractivity contribution >= 4 is 10.8 Å². The molecular formula is C10H11LiOS. The van der Waals surface area contributed by atoms with Crippen LogP contribution in [0.25, 0.3) is 0 Å². The Balaban J connectivity index is 0.00000144. The van der Waals surface area contributed by atoms with Crippen molar-refractivity contribution in [2.45, 2.75) is 11.8 Å². The van der Waals surface area contributed by atoms with Crippen molar-refractivity contribution < 1.29 is 23.1 Å². The Morgan fingerprint density at radius 3 is 2.38 bits per heavy atom. The summed E-state index contributed by atoms with van der Waals surface area (Å²) >= 11 is 0. The molecule has 0 bridgehead atoms. The van der Waals surface area contributed by atoms with Gasteiger partial charge in [0, 0.05) is 4.90 Å². The largest absolute Gasteiger partial charge is 1.00 e. The van der Waals surface area contributed by atoms with Crippen molar-refractivity contribution in [3.63, 3.8) is 0 Å². The van der Waals surface area contributed by atoms with E-state index in [9.17, 15) is 4.21 Å². The zero-order valence-electron chi connectivity index (χ0n) is 7.99. The summed E-state index contributed by atoms with van der Waals surface area (Å²) in [6.07, 6.45) is 1.55. The molecule has 1 unspecified atom stereocenters. The van der Waals surface area contributed by atoms with Crippen molar-refractivity contribution in [3.05, 3.63) is 48.2 Å². The van der Waals surface area contributed by atoms with Gasteiger partial charge in [0.2, 0.25) is 0 Å². The first-order chi connectivity index (χ1) is 5.74. The van der Waals surface area contributed by atoms with Crippen molar-refractivity contribution in [2.24, 2.45) is 0 Å². The molecule has 0 heterocycles. The van der Waals surface area contributed by atoms with E-state index in [1.807, 2.05) is 31.2 Å². The Kier molecular flexibility index (Phi) is 5.90. The minimum absolute atomic E-state index is 0. The number of rotatable bonds is 3. The number of hydrogen-bond acceptors (Lipinski definition) is 1. The molecule has 0 N–H and O–H groups in total. The van der Waals surface area contributed by atoms with Gasteiger partial charge in [-0.25, -0.2) is 12.7 Å². The van der Waals surface area contributed by atoms with Crippen LogP contribution in [-0.2, 0) is 10.8 Å². The van der Waals surface area contributed by atoms with E-state index < -0.39 is 10.8 Å². The van der Waals surface area contributed by atoms with E-state index >= 15 is 0 Å². The maximum Gasteiger partial charge on any atom is 1.00 e. The van der Waals surface area contributed by atoms with Crippen molar-refractivity contribution in [1.82, 2.24) is 0 Å². The van der Waals surface area contributed by atoms with Crippen LogP contribution in [-0.4, -0.2) is 4.21 Å². The summed E-state index contributed by atoms with van der Waals surface area (Å²) in [5, 5.41) is 0. The zero-order chi connectivity index (χ0) is 8.97. The van der Waals surface area contributed by atoms with Crippen molar-refractivity contribution in [1.29, 1.82) is 0 Å². The van der Waals surface area contributed by atoms with E-state index in [4.69, 9.17) is 0 Å². The molecule has 13 heavy (non-hydrogen) atoms. The average molecular weight is 186 g/mol. The Labute approximate surface area is 93.9 Å². The van der Waals surface area contributed by atoms with Gasteiger partial charge in [0.25, 0.3) is 0 Å². The SMILES string of the molecule is C=C[CH-]S(=O)c1ccc(C)cc1.[Li+]. The molecule has 1 nitrogen and oxygen atoms in total. The van der Waals surface area contributed by atoms with E-state index in [1.165, 1.54) is 5.56 Å². The quantitative estimate of drug-likeness (QED) is 0.457. The van der Waals surface area contributed by atoms with Crippen LogP contribution >= 0.6 is 0 Å². The third-order valence-electron chi connectivity index (χ3n) is 1.47. The van der Waals surface area contributed by atoms with E-state index in [0.29, 0.717) is 0 Å². The molecule has 0 spiro atoms. The molecule has 1 atom stereocenters. The van der Waals surface area contributed by atoms with E-state index in [1.54, 1.807) is 11.8 Å². The minimum atomic E-state index is -1.03. The van der Waals surface area contributed by atoms with Gasteiger partial charge in [-0.3, -0.25) is 4.21 Å². The summed E-state index contributed by atoms with van der Waals surface area (Å²) in [6, 6.07) is 7.63. The second kappa shape index (κ2) is 6.10. The molecule has 0 aromatic heterocycles. The van der Waals surface area contributed by atoms with Gasteiger partial charge in [-0.1, -0.05) is 17.7 Å². The van der Waals surface area contributed by atoms with Crippen LogP contribution in [0.15, 0.2) is 41.8 Å². The van der Waals surface area contributed by atoms with E-state index in [0.717, 1.165) is 4.90 Å². The first-order valence-electron chi connectivity index (χ1n) is 3.67. The molecule has 64 valence electrons. The molecule has 0 saturated carbocycles. The van der Waals surface area contributed by atoms with Gasteiger partial charge in [0.05, 0.1) is 0 Å². The molecule has 0 radical (unpaired) electrons. The predicted molar refractivity (Wildman–Crippen MR) is 52.1 cm³/mol. The first-order valence-corrected chi connectivity index (χ1v) is 4.88. The van der Waals surface area contributed by atoms with Gasteiger partial charge in [-0.15, -0.1) is 5.75 Å². The number of hydrogen-bond donors (Lipinski definition) is 0. The summed E-state index contributed by atoms with van der Waals surface area (Å²) in [6.45, 7) is 5.50. The fourth-order valence-corrected chi connectivity index (χ4v) is 1.57. The molecular weight excluding hydrogens is 175 g/mol. The van der Waals surface area contributed by atoms with Crippen LogP contribution in [0.5, 0.6) is 0 Å². The summed E-state index contributed by atoms with van der Waals surface area (Å²) < 4.78 is 11.3. The standard InChI is InChI=1S/C10H11OS.Li/c1-3-8-12(11)10-6-4-9(2)5-7-10;/h3-8H,1H2,2H3;/q-1;+1. The maximum atomic E-state index is 11.3. The van der Waals surface area contributed by atoms with Crippen LogP contribution in [0.1, 0.15) is 5.56 Å². The third-order valence-corrected chi connectivity index (χ3v) is 2.65. The maximum absolute atomic E-state index is 11.3. The molecule has 0 aliphatic carbocycles. The van der Waals surface area contributed by atoms with Crippen LogP contribution in [0, 0.1) is 12.7 Å². The van der Waals surface area contributed by atoms with Gasteiger partial charge in [0.1, 0.15) is 0 Å². The Hall–Kier alpha value is -0.423. The van der Waals surface area contributed by atoms with Gasteiger partial charge in [-0.05, 0) is 29.9 Å². The molecule has 1 aromatic rings. The fourth-order valence-electron chi connectivity index (χ4n) is 0.838. The zero-order valence-corrected chi connectivity index (χ0v) is 8.80. The first kappa shape index (κ1) is 12.6. The number of aryl methyl sites for hydroxylation is 1. The van der Waals surface area contributed by atoms with Crippen LogP contribution in [0.2, 0.25) is 0 Å². The van der Waals surface area contributed by atoms with Gasteiger partial charge < -0.3 is 0 Å². The topological polar surface area (TPSA) is 17.1 Å². The Bertz CT molecular complexity index is 292. The molecule has 3 heteroatoms. The van der Waals surface area contributed by atoms with E-state index in [2.05, 4.69) is 6.58 Å². The van der Waals surface area contributed by atoms with Crippen LogP contribution in [0.3, 0.4) is 0 Å². The predicted octanol–water partition coefficient (Wildman–Crippen LogP) is -0.546. The van der Waals surface area contributed by atoms with E-state index in [-0.39, 0.29) is 18.9 Å². The number of benzene rings is 1. The van der Waals surface area contributed by atoms with Gasteiger partial charge in [0.15, 0.2) is 0 Å². The molecule has 1 aromatic carbocycles. The molecule has 1 rings (SSSR count). The second-order valence-electron chi connectivity index (χ2n) is 2.48. The fraction of sp³-hybridized carbons (Fsp3) is 0.100. The van der Waals surface area contributed by atoms with Crippen LogP contribution < -0.4 is 18.9 Å². The Morgan fingerprint density at radius 1 is 1.38 bits per heavy atom. The Morgan fingerprint density at radius 2 is 1.92 bits per heavy atom. The molecule has 0 amide bonds. The van der Waals surface area contributed by atoms with Crippen molar-refractivity contribution in [2.75, 3.05) is 0 Å². The summed E-state index contributed by atoms with van der Waals surface area (Å²) in [5.41, 5.74) is 1.18. The normalized spacial score (nSPS) is 11.2. The minimum Gasteiger partial charge on any atom is -0.269 e. The third kappa shape index (κ3) is 3.86. The molecule has 0 saturated heterocycles. The molecule has 0 aliphatic heterocycles. The van der Waals surface area contributed by atoms with Crippen molar-refractivity contribution in [3.8, 4) is 0 Å².